The van der Waals surface area contributed by atoms with Crippen LogP contribution < -0.4 is 0 Å². The minimum absolute atomic E-state index is 0.306. The van der Waals surface area contributed by atoms with Crippen molar-refractivity contribution in [3.05, 3.63) is 35.3 Å². The highest BCUT2D eigenvalue weighted by Crippen LogP contribution is 2.27. The summed E-state index contributed by atoms with van der Waals surface area (Å²) in [6, 6.07) is 5.95. The molecule has 0 spiro atoms. The van der Waals surface area contributed by atoms with Crippen molar-refractivity contribution in [1.29, 1.82) is 0 Å². The molecule has 1 aliphatic heterocycles. The van der Waals surface area contributed by atoms with Crippen molar-refractivity contribution in [3.63, 3.8) is 0 Å². The number of aryl methyl sites for hydroxylation is 2. The van der Waals surface area contributed by atoms with Crippen molar-refractivity contribution in [2.45, 2.75) is 45.8 Å². The second-order valence-electron chi connectivity index (χ2n) is 7.02. The quantitative estimate of drug-likeness (QED) is 0.816. The molecule has 1 fully saturated rings. The first-order valence-electron chi connectivity index (χ1n) is 8.67. The van der Waals surface area contributed by atoms with Gasteiger partial charge >= 0.3 is 0 Å². The van der Waals surface area contributed by atoms with E-state index in [0.717, 1.165) is 41.2 Å². The monoisotopic (exact) mass is 363 g/mol. The topological polar surface area (TPSA) is 76.3 Å². The van der Waals surface area contributed by atoms with Crippen molar-refractivity contribution in [3.8, 4) is 11.3 Å². The average Bonchev–Trinajstić information content (AvgIpc) is 3.15. The van der Waals surface area contributed by atoms with Gasteiger partial charge in [0.1, 0.15) is 5.76 Å². The van der Waals surface area contributed by atoms with Gasteiger partial charge in [-0.25, -0.2) is 12.7 Å². The van der Waals surface area contributed by atoms with Crippen LogP contribution in [0, 0.1) is 19.8 Å². The second kappa shape index (κ2) is 6.88. The smallest absolute Gasteiger partial charge is 0.216 e. The van der Waals surface area contributed by atoms with Gasteiger partial charge in [-0.1, -0.05) is 11.2 Å². The van der Waals surface area contributed by atoms with Crippen molar-refractivity contribution >= 4 is 10.0 Å². The first-order chi connectivity index (χ1) is 11.8. The summed E-state index contributed by atoms with van der Waals surface area (Å²) in [5.74, 6) is 1.07. The summed E-state index contributed by atoms with van der Waals surface area (Å²) < 4.78 is 31.5. The molecule has 0 amide bonds. The summed E-state index contributed by atoms with van der Waals surface area (Å²) in [7, 11) is -3.16. The summed E-state index contributed by atoms with van der Waals surface area (Å²) in [6.45, 7) is 8.45. The Morgan fingerprint density at radius 1 is 1.32 bits per heavy atom. The standard InChI is InChI=1S/C18H25N3O3S/c1-12(2)25(22,23)21-9-8-15(11-21)10-16-6-5-7-17(19-16)18-13(3)20-24-14(18)4/h5-7,12,15H,8-11H2,1-4H3. The molecule has 0 radical (unpaired) electrons. The van der Waals surface area contributed by atoms with Gasteiger partial charge in [-0.15, -0.1) is 0 Å². The van der Waals surface area contributed by atoms with E-state index in [4.69, 9.17) is 9.51 Å². The minimum Gasteiger partial charge on any atom is -0.361 e. The van der Waals surface area contributed by atoms with E-state index in [-0.39, 0.29) is 5.25 Å². The molecule has 0 bridgehead atoms. The van der Waals surface area contributed by atoms with Crippen molar-refractivity contribution in [1.82, 2.24) is 14.4 Å². The highest BCUT2D eigenvalue weighted by atomic mass is 32.2. The second-order valence-corrected chi connectivity index (χ2v) is 9.51. The van der Waals surface area contributed by atoms with Gasteiger partial charge in [0.15, 0.2) is 0 Å². The van der Waals surface area contributed by atoms with Crippen LogP contribution in [0.15, 0.2) is 22.7 Å². The zero-order valence-corrected chi connectivity index (χ0v) is 16.0. The fourth-order valence-corrected chi connectivity index (χ4v) is 4.74. The molecule has 3 heterocycles. The minimum atomic E-state index is -3.16. The SMILES string of the molecule is Cc1noc(C)c1-c1cccc(CC2CCN(S(=O)(=O)C(C)C)C2)n1. The average molecular weight is 363 g/mol. The number of pyridine rings is 1. The summed E-state index contributed by atoms with van der Waals surface area (Å²) in [5.41, 5.74) is 3.61. The van der Waals surface area contributed by atoms with Crippen molar-refractivity contribution < 1.29 is 12.9 Å². The van der Waals surface area contributed by atoms with Crippen LogP contribution >= 0.6 is 0 Å². The molecular formula is C18H25N3O3S. The molecule has 1 unspecified atom stereocenters. The van der Waals surface area contributed by atoms with Gasteiger partial charge < -0.3 is 4.52 Å². The molecular weight excluding hydrogens is 338 g/mol. The molecule has 7 heteroatoms. The van der Waals surface area contributed by atoms with Gasteiger partial charge in [0.05, 0.1) is 22.2 Å². The van der Waals surface area contributed by atoms with Gasteiger partial charge in [-0.3, -0.25) is 4.98 Å². The molecule has 0 aromatic carbocycles. The molecule has 0 N–H and O–H groups in total. The molecule has 136 valence electrons. The molecule has 2 aromatic heterocycles. The Balaban J connectivity index is 1.74. The van der Waals surface area contributed by atoms with Crippen LogP contribution in [-0.2, 0) is 16.4 Å². The molecule has 3 rings (SSSR count). The summed E-state index contributed by atoms with van der Waals surface area (Å²) in [5, 5.41) is 3.62. The molecule has 0 saturated carbocycles. The van der Waals surface area contributed by atoms with E-state index >= 15 is 0 Å². The van der Waals surface area contributed by atoms with E-state index in [2.05, 4.69) is 5.16 Å². The molecule has 0 aliphatic carbocycles. The molecule has 6 nitrogen and oxygen atoms in total. The first-order valence-corrected chi connectivity index (χ1v) is 10.2. The molecule has 1 aliphatic rings. The van der Waals surface area contributed by atoms with Gasteiger partial charge in [0.25, 0.3) is 0 Å². The largest absolute Gasteiger partial charge is 0.361 e. The lowest BCUT2D eigenvalue weighted by molar-refractivity contribution is 0.393. The van der Waals surface area contributed by atoms with Crippen LogP contribution in [0.25, 0.3) is 11.3 Å². The van der Waals surface area contributed by atoms with Gasteiger partial charge in [-0.2, -0.15) is 0 Å². The molecule has 1 atom stereocenters. The van der Waals surface area contributed by atoms with E-state index in [1.165, 1.54) is 0 Å². The fourth-order valence-electron chi connectivity index (χ4n) is 3.37. The lowest BCUT2D eigenvalue weighted by Gasteiger charge is -2.19. The summed E-state index contributed by atoms with van der Waals surface area (Å²) in [4.78, 5) is 4.75. The fraction of sp³-hybridized carbons (Fsp3) is 0.556. The lowest BCUT2D eigenvalue weighted by Crippen LogP contribution is -2.34. The van der Waals surface area contributed by atoms with Gasteiger partial charge in [0, 0.05) is 18.8 Å². The predicted molar refractivity (Wildman–Crippen MR) is 96.6 cm³/mol. The van der Waals surface area contributed by atoms with E-state index in [9.17, 15) is 8.42 Å². The number of sulfonamides is 1. The summed E-state index contributed by atoms with van der Waals surface area (Å²) in [6.07, 6.45) is 1.66. The normalized spacial score (nSPS) is 19.0. The lowest BCUT2D eigenvalue weighted by atomic mass is 10.0. The van der Waals surface area contributed by atoms with E-state index < -0.39 is 10.0 Å². The van der Waals surface area contributed by atoms with Crippen LogP contribution in [0.5, 0.6) is 0 Å². The number of rotatable bonds is 5. The molecule has 25 heavy (non-hydrogen) atoms. The number of hydrogen-bond acceptors (Lipinski definition) is 5. The van der Waals surface area contributed by atoms with E-state index in [0.29, 0.717) is 19.0 Å². The van der Waals surface area contributed by atoms with E-state index in [1.54, 1.807) is 18.2 Å². The van der Waals surface area contributed by atoms with Crippen molar-refractivity contribution in [2.24, 2.45) is 5.92 Å². The number of aromatic nitrogens is 2. The predicted octanol–water partition coefficient (Wildman–Crippen LogP) is 2.96. The van der Waals surface area contributed by atoms with Crippen LogP contribution in [0.3, 0.4) is 0 Å². The molecule has 2 aromatic rings. The third-order valence-corrected chi connectivity index (χ3v) is 7.04. The zero-order valence-electron chi connectivity index (χ0n) is 15.2. The Bertz CT molecular complexity index is 839. The van der Waals surface area contributed by atoms with Crippen LogP contribution in [0.1, 0.15) is 37.4 Å². The highest BCUT2D eigenvalue weighted by molar-refractivity contribution is 7.89. The number of hydrogen-bond donors (Lipinski definition) is 0. The number of nitrogens with zero attached hydrogens (tertiary/aromatic N) is 3. The third kappa shape index (κ3) is 3.62. The Morgan fingerprint density at radius 2 is 2.08 bits per heavy atom. The van der Waals surface area contributed by atoms with Crippen molar-refractivity contribution in [2.75, 3.05) is 13.1 Å². The van der Waals surface area contributed by atoms with Crippen LogP contribution in [0.4, 0.5) is 0 Å². The Labute approximate surface area is 149 Å². The Kier molecular flexibility index (Phi) is 4.97. The Morgan fingerprint density at radius 3 is 2.72 bits per heavy atom. The zero-order chi connectivity index (χ0) is 18.2. The summed E-state index contributed by atoms with van der Waals surface area (Å²) >= 11 is 0. The van der Waals surface area contributed by atoms with E-state index in [1.807, 2.05) is 32.0 Å². The van der Waals surface area contributed by atoms with Gasteiger partial charge in [-0.05, 0) is 58.6 Å². The third-order valence-electron chi connectivity index (χ3n) is 4.80. The van der Waals surface area contributed by atoms with Crippen LogP contribution in [0.2, 0.25) is 0 Å². The molecule has 1 saturated heterocycles. The maximum Gasteiger partial charge on any atom is 0.216 e. The first kappa shape index (κ1) is 18.1. The maximum atomic E-state index is 12.3. The highest BCUT2D eigenvalue weighted by Gasteiger charge is 2.33. The van der Waals surface area contributed by atoms with Gasteiger partial charge in [0.2, 0.25) is 10.0 Å². The Hall–Kier alpha value is -1.73. The maximum absolute atomic E-state index is 12.3. The van der Waals surface area contributed by atoms with Crippen LogP contribution in [-0.4, -0.2) is 41.2 Å².